The maximum atomic E-state index is 3.72. The van der Waals surface area contributed by atoms with Gasteiger partial charge < -0.3 is 10.2 Å². The lowest BCUT2D eigenvalue weighted by molar-refractivity contribution is 0.244. The van der Waals surface area contributed by atoms with Crippen LogP contribution < -0.4 is 5.32 Å². The van der Waals surface area contributed by atoms with Crippen molar-refractivity contribution < 1.29 is 0 Å². The lowest BCUT2D eigenvalue weighted by Gasteiger charge is -2.27. The van der Waals surface area contributed by atoms with Crippen molar-refractivity contribution in [3.63, 3.8) is 0 Å². The summed E-state index contributed by atoms with van der Waals surface area (Å²) in [4.78, 5) is 3.96. The zero-order valence-corrected chi connectivity index (χ0v) is 13.6. The standard InChI is InChI=1S/C15H21BrN2S/c16-14-11-12(1-4-15(14)19-13-2-3-13)5-8-18-9-6-17-7-10-18/h1,4,11,13,17H,2-3,5-10H2. The van der Waals surface area contributed by atoms with E-state index in [1.807, 2.05) is 11.8 Å². The molecule has 4 heteroatoms. The maximum absolute atomic E-state index is 3.72. The topological polar surface area (TPSA) is 15.3 Å². The molecular weight excluding hydrogens is 320 g/mol. The Morgan fingerprint density at radius 2 is 2.05 bits per heavy atom. The average molecular weight is 341 g/mol. The minimum absolute atomic E-state index is 0.878. The van der Waals surface area contributed by atoms with E-state index in [-0.39, 0.29) is 0 Å². The molecule has 0 radical (unpaired) electrons. The van der Waals surface area contributed by atoms with E-state index in [4.69, 9.17) is 0 Å². The van der Waals surface area contributed by atoms with Crippen LogP contribution in [0.3, 0.4) is 0 Å². The Morgan fingerprint density at radius 1 is 1.26 bits per heavy atom. The Morgan fingerprint density at radius 3 is 2.74 bits per heavy atom. The first-order chi connectivity index (χ1) is 9.31. The lowest BCUT2D eigenvalue weighted by atomic mass is 10.1. The highest BCUT2D eigenvalue weighted by Gasteiger charge is 2.23. The van der Waals surface area contributed by atoms with Crippen LogP contribution in [0.2, 0.25) is 0 Å². The molecule has 0 unspecified atom stereocenters. The van der Waals surface area contributed by atoms with Crippen LogP contribution in [0.25, 0.3) is 0 Å². The number of nitrogens with zero attached hydrogens (tertiary/aromatic N) is 1. The van der Waals surface area contributed by atoms with Crippen molar-refractivity contribution in [2.45, 2.75) is 29.4 Å². The fourth-order valence-electron chi connectivity index (χ4n) is 2.38. The van der Waals surface area contributed by atoms with Crippen LogP contribution in [0, 0.1) is 0 Å². The van der Waals surface area contributed by atoms with Gasteiger partial charge >= 0.3 is 0 Å². The quantitative estimate of drug-likeness (QED) is 0.886. The molecule has 1 aliphatic carbocycles. The second-order valence-electron chi connectivity index (χ2n) is 5.42. The Bertz CT molecular complexity index is 428. The van der Waals surface area contributed by atoms with Gasteiger partial charge in [0.25, 0.3) is 0 Å². The van der Waals surface area contributed by atoms with Gasteiger partial charge in [-0.1, -0.05) is 6.07 Å². The van der Waals surface area contributed by atoms with Gasteiger partial charge in [0.1, 0.15) is 0 Å². The van der Waals surface area contributed by atoms with Gasteiger partial charge in [-0.2, -0.15) is 0 Å². The van der Waals surface area contributed by atoms with Crippen molar-refractivity contribution in [2.24, 2.45) is 0 Å². The van der Waals surface area contributed by atoms with E-state index in [9.17, 15) is 0 Å². The molecule has 0 aromatic heterocycles. The van der Waals surface area contributed by atoms with Gasteiger partial charge in [0.05, 0.1) is 0 Å². The number of thioether (sulfide) groups is 1. The average Bonchev–Trinajstić information content (AvgIpc) is 3.24. The minimum atomic E-state index is 0.878. The monoisotopic (exact) mass is 340 g/mol. The van der Waals surface area contributed by atoms with Crippen LogP contribution in [0.4, 0.5) is 0 Å². The van der Waals surface area contributed by atoms with E-state index in [2.05, 4.69) is 44.3 Å². The third-order valence-corrected chi connectivity index (χ3v) is 6.07. The van der Waals surface area contributed by atoms with Gasteiger partial charge in [-0.05, 0) is 52.9 Å². The molecule has 19 heavy (non-hydrogen) atoms. The summed E-state index contributed by atoms with van der Waals surface area (Å²) >= 11 is 5.75. The van der Waals surface area contributed by atoms with Crippen LogP contribution in [0.5, 0.6) is 0 Å². The summed E-state index contributed by atoms with van der Waals surface area (Å²) in [5.41, 5.74) is 1.45. The molecule has 2 fully saturated rings. The molecule has 1 aromatic rings. The summed E-state index contributed by atoms with van der Waals surface area (Å²) < 4.78 is 1.28. The molecule has 0 spiro atoms. The van der Waals surface area contributed by atoms with Crippen molar-refractivity contribution in [1.82, 2.24) is 10.2 Å². The predicted molar refractivity (Wildman–Crippen MR) is 86.0 cm³/mol. The van der Waals surface area contributed by atoms with Crippen LogP contribution in [-0.4, -0.2) is 42.9 Å². The lowest BCUT2D eigenvalue weighted by Crippen LogP contribution is -2.44. The second-order valence-corrected chi connectivity index (χ2v) is 7.62. The Kier molecular flexibility index (Phi) is 4.85. The normalized spacial score (nSPS) is 20.7. The third-order valence-electron chi connectivity index (χ3n) is 3.74. The van der Waals surface area contributed by atoms with E-state index in [1.54, 1.807) is 0 Å². The van der Waals surface area contributed by atoms with Gasteiger partial charge in [0, 0.05) is 47.3 Å². The molecule has 1 N–H and O–H groups in total. The number of hydrogen-bond donors (Lipinski definition) is 1. The van der Waals surface area contributed by atoms with Crippen molar-refractivity contribution in [3.05, 3.63) is 28.2 Å². The van der Waals surface area contributed by atoms with Crippen molar-refractivity contribution >= 4 is 27.7 Å². The van der Waals surface area contributed by atoms with Crippen LogP contribution in [0.1, 0.15) is 18.4 Å². The highest BCUT2D eigenvalue weighted by molar-refractivity contribution is 9.10. The SMILES string of the molecule is Brc1cc(CCN2CCNCC2)ccc1SC1CC1. The number of piperazine rings is 1. The molecule has 1 saturated heterocycles. The van der Waals surface area contributed by atoms with Crippen molar-refractivity contribution in [3.8, 4) is 0 Å². The van der Waals surface area contributed by atoms with Gasteiger partial charge in [-0.15, -0.1) is 11.8 Å². The third kappa shape index (κ3) is 4.22. The summed E-state index contributed by atoms with van der Waals surface area (Å²) in [6.45, 7) is 5.85. The zero-order valence-electron chi connectivity index (χ0n) is 11.2. The number of benzene rings is 1. The van der Waals surface area contributed by atoms with Crippen LogP contribution >= 0.6 is 27.7 Å². The van der Waals surface area contributed by atoms with E-state index in [0.717, 1.165) is 24.8 Å². The van der Waals surface area contributed by atoms with Crippen molar-refractivity contribution in [1.29, 1.82) is 0 Å². The zero-order chi connectivity index (χ0) is 13.1. The highest BCUT2D eigenvalue weighted by atomic mass is 79.9. The Balaban J connectivity index is 1.53. The molecule has 104 valence electrons. The number of hydrogen-bond acceptors (Lipinski definition) is 3. The smallest absolute Gasteiger partial charge is 0.0314 e. The summed E-state index contributed by atoms with van der Waals surface area (Å²) in [6, 6.07) is 6.91. The maximum Gasteiger partial charge on any atom is 0.0314 e. The van der Waals surface area contributed by atoms with E-state index < -0.39 is 0 Å². The Labute approximate surface area is 128 Å². The number of halogens is 1. The molecule has 2 aliphatic rings. The molecule has 1 saturated carbocycles. The largest absolute Gasteiger partial charge is 0.314 e. The summed E-state index contributed by atoms with van der Waals surface area (Å²) in [5.74, 6) is 0. The summed E-state index contributed by atoms with van der Waals surface area (Å²) in [6.07, 6.45) is 3.94. The fourth-order valence-corrected chi connectivity index (χ4v) is 4.14. The van der Waals surface area contributed by atoms with E-state index >= 15 is 0 Å². The van der Waals surface area contributed by atoms with Gasteiger partial charge in [0.15, 0.2) is 0 Å². The molecular formula is C15H21BrN2S. The first-order valence-electron chi connectivity index (χ1n) is 7.19. The second kappa shape index (κ2) is 6.61. The number of nitrogens with one attached hydrogen (secondary N) is 1. The summed E-state index contributed by atoms with van der Waals surface area (Å²) in [5, 5.41) is 4.28. The van der Waals surface area contributed by atoms with Gasteiger partial charge in [-0.3, -0.25) is 0 Å². The molecule has 3 rings (SSSR count). The first-order valence-corrected chi connectivity index (χ1v) is 8.87. The van der Waals surface area contributed by atoms with E-state index in [0.29, 0.717) is 0 Å². The predicted octanol–water partition coefficient (Wildman–Crippen LogP) is 3.15. The molecule has 0 atom stereocenters. The molecule has 1 aromatic carbocycles. The Hall–Kier alpha value is -0.0300. The summed E-state index contributed by atoms with van der Waals surface area (Å²) in [7, 11) is 0. The molecule has 0 amide bonds. The van der Waals surface area contributed by atoms with Gasteiger partial charge in [-0.25, -0.2) is 0 Å². The van der Waals surface area contributed by atoms with Crippen LogP contribution in [-0.2, 0) is 6.42 Å². The number of rotatable bonds is 5. The van der Waals surface area contributed by atoms with Crippen molar-refractivity contribution in [2.75, 3.05) is 32.7 Å². The fraction of sp³-hybridized carbons (Fsp3) is 0.600. The van der Waals surface area contributed by atoms with Crippen LogP contribution in [0.15, 0.2) is 27.6 Å². The van der Waals surface area contributed by atoms with Gasteiger partial charge in [0.2, 0.25) is 0 Å². The highest BCUT2D eigenvalue weighted by Crippen LogP contribution is 2.42. The molecule has 0 bridgehead atoms. The molecule has 2 nitrogen and oxygen atoms in total. The first kappa shape index (κ1) is 13.9. The molecule has 1 aliphatic heterocycles. The van der Waals surface area contributed by atoms with E-state index in [1.165, 1.54) is 47.4 Å². The minimum Gasteiger partial charge on any atom is -0.314 e. The molecule has 1 heterocycles.